The van der Waals surface area contributed by atoms with Gasteiger partial charge in [-0.1, -0.05) is 6.07 Å². The van der Waals surface area contributed by atoms with Crippen LogP contribution < -0.4 is 5.32 Å². The maximum Gasteiger partial charge on any atom is 0.125 e. The van der Waals surface area contributed by atoms with E-state index in [9.17, 15) is 0 Å². The summed E-state index contributed by atoms with van der Waals surface area (Å²) in [5, 5.41) is 12.1. The fourth-order valence-electron chi connectivity index (χ4n) is 2.41. The molecular formula is C14H20N4. The van der Waals surface area contributed by atoms with Crippen LogP contribution in [0.2, 0.25) is 0 Å². The quantitative estimate of drug-likeness (QED) is 0.862. The van der Waals surface area contributed by atoms with Crippen molar-refractivity contribution in [1.82, 2.24) is 9.88 Å². The second-order valence-electron chi connectivity index (χ2n) is 4.96. The Morgan fingerprint density at radius 2 is 2.50 bits per heavy atom. The number of nitrogens with one attached hydrogen (secondary N) is 1. The highest BCUT2D eigenvalue weighted by Crippen LogP contribution is 2.20. The van der Waals surface area contributed by atoms with Gasteiger partial charge in [-0.05, 0) is 37.9 Å². The van der Waals surface area contributed by atoms with E-state index >= 15 is 0 Å². The Bertz CT molecular complexity index is 398. The molecule has 0 bridgehead atoms. The van der Waals surface area contributed by atoms with Crippen LogP contribution in [0.3, 0.4) is 0 Å². The summed E-state index contributed by atoms with van der Waals surface area (Å²) in [6, 6.07) is 8.54. The molecule has 1 saturated heterocycles. The number of nitriles is 1. The van der Waals surface area contributed by atoms with Crippen LogP contribution in [0, 0.1) is 17.2 Å². The number of anilines is 1. The van der Waals surface area contributed by atoms with E-state index in [1.54, 1.807) is 6.20 Å². The molecule has 0 amide bonds. The second-order valence-corrected chi connectivity index (χ2v) is 4.96. The van der Waals surface area contributed by atoms with E-state index in [0.29, 0.717) is 18.4 Å². The van der Waals surface area contributed by atoms with Crippen LogP contribution in [-0.4, -0.2) is 35.6 Å². The van der Waals surface area contributed by atoms with Gasteiger partial charge < -0.3 is 5.32 Å². The van der Waals surface area contributed by atoms with E-state index in [4.69, 9.17) is 5.26 Å². The maximum atomic E-state index is 8.72. The fourth-order valence-corrected chi connectivity index (χ4v) is 2.41. The number of nitrogens with zero attached hydrogens (tertiary/aromatic N) is 3. The fraction of sp³-hybridized carbons (Fsp3) is 0.571. The monoisotopic (exact) mass is 244 g/mol. The van der Waals surface area contributed by atoms with Gasteiger partial charge in [-0.15, -0.1) is 0 Å². The van der Waals surface area contributed by atoms with Gasteiger partial charge in [0.1, 0.15) is 5.82 Å². The van der Waals surface area contributed by atoms with E-state index in [1.165, 1.54) is 6.42 Å². The van der Waals surface area contributed by atoms with Crippen LogP contribution in [0.4, 0.5) is 5.82 Å². The topological polar surface area (TPSA) is 52.0 Å². The SMILES string of the molecule is C[C@H](CC#N)N1CC[C@@H](CNc2ccccn2)C1. The van der Waals surface area contributed by atoms with Gasteiger partial charge in [0.15, 0.2) is 0 Å². The number of aromatic nitrogens is 1. The van der Waals surface area contributed by atoms with E-state index < -0.39 is 0 Å². The summed E-state index contributed by atoms with van der Waals surface area (Å²) in [5.41, 5.74) is 0. The van der Waals surface area contributed by atoms with Crippen molar-refractivity contribution < 1.29 is 0 Å². The molecule has 1 aliphatic rings. The molecule has 2 atom stereocenters. The Morgan fingerprint density at radius 3 is 3.22 bits per heavy atom. The van der Waals surface area contributed by atoms with Gasteiger partial charge in [0, 0.05) is 25.3 Å². The van der Waals surface area contributed by atoms with E-state index in [1.807, 2.05) is 18.2 Å². The first-order valence-electron chi connectivity index (χ1n) is 6.55. The van der Waals surface area contributed by atoms with Crippen LogP contribution in [0.1, 0.15) is 19.8 Å². The molecule has 2 heterocycles. The molecular weight excluding hydrogens is 224 g/mol. The molecule has 0 unspecified atom stereocenters. The highest BCUT2D eigenvalue weighted by atomic mass is 15.2. The predicted octanol–water partition coefficient (Wildman–Crippen LogP) is 2.12. The first-order valence-corrected chi connectivity index (χ1v) is 6.55. The molecule has 96 valence electrons. The molecule has 0 spiro atoms. The first-order chi connectivity index (χ1) is 8.79. The van der Waals surface area contributed by atoms with Crippen LogP contribution in [0.15, 0.2) is 24.4 Å². The summed E-state index contributed by atoms with van der Waals surface area (Å²) in [7, 11) is 0. The average Bonchev–Trinajstić information content (AvgIpc) is 2.87. The molecule has 0 aliphatic carbocycles. The highest BCUT2D eigenvalue weighted by molar-refractivity contribution is 5.33. The number of likely N-dealkylation sites (tertiary alicyclic amines) is 1. The largest absolute Gasteiger partial charge is 0.370 e. The van der Waals surface area contributed by atoms with Gasteiger partial charge in [0.25, 0.3) is 0 Å². The number of hydrogen-bond acceptors (Lipinski definition) is 4. The molecule has 4 heteroatoms. The van der Waals surface area contributed by atoms with Crippen molar-refractivity contribution in [3.8, 4) is 6.07 Å². The van der Waals surface area contributed by atoms with Crippen molar-refractivity contribution in [2.75, 3.05) is 25.0 Å². The van der Waals surface area contributed by atoms with Crippen LogP contribution in [0.5, 0.6) is 0 Å². The summed E-state index contributed by atoms with van der Waals surface area (Å²) in [5.74, 6) is 1.61. The van der Waals surface area contributed by atoms with Crippen LogP contribution in [0.25, 0.3) is 0 Å². The van der Waals surface area contributed by atoms with E-state index in [2.05, 4.69) is 28.2 Å². The van der Waals surface area contributed by atoms with Crippen molar-refractivity contribution in [2.24, 2.45) is 5.92 Å². The van der Waals surface area contributed by atoms with Gasteiger partial charge in [-0.3, -0.25) is 4.90 Å². The molecule has 1 N–H and O–H groups in total. The Kier molecular flexibility index (Phi) is 4.54. The average molecular weight is 244 g/mol. The highest BCUT2D eigenvalue weighted by Gasteiger charge is 2.25. The summed E-state index contributed by atoms with van der Waals surface area (Å²) in [4.78, 5) is 6.67. The van der Waals surface area contributed by atoms with Gasteiger partial charge in [0.2, 0.25) is 0 Å². The minimum atomic E-state index is 0.384. The molecule has 0 saturated carbocycles. The van der Waals surface area contributed by atoms with Crippen LogP contribution >= 0.6 is 0 Å². The lowest BCUT2D eigenvalue weighted by molar-refractivity contribution is 0.253. The Labute approximate surface area is 109 Å². The lowest BCUT2D eigenvalue weighted by Crippen LogP contribution is -2.31. The third kappa shape index (κ3) is 3.44. The lowest BCUT2D eigenvalue weighted by Gasteiger charge is -2.22. The molecule has 1 aromatic rings. The molecule has 1 aliphatic heterocycles. The third-order valence-electron chi connectivity index (χ3n) is 3.56. The summed E-state index contributed by atoms with van der Waals surface area (Å²) in [6.07, 6.45) is 3.63. The minimum Gasteiger partial charge on any atom is -0.370 e. The minimum absolute atomic E-state index is 0.384. The van der Waals surface area contributed by atoms with Crippen molar-refractivity contribution in [3.63, 3.8) is 0 Å². The normalized spacial score (nSPS) is 21.4. The first kappa shape index (κ1) is 12.8. The molecule has 2 rings (SSSR count). The van der Waals surface area contributed by atoms with Gasteiger partial charge in [0.05, 0.1) is 12.5 Å². The summed E-state index contributed by atoms with van der Waals surface area (Å²) >= 11 is 0. The van der Waals surface area contributed by atoms with Gasteiger partial charge in [-0.2, -0.15) is 5.26 Å². The second kappa shape index (κ2) is 6.36. The molecule has 1 fully saturated rings. The molecule has 0 radical (unpaired) electrons. The number of hydrogen-bond donors (Lipinski definition) is 1. The summed E-state index contributed by atoms with van der Waals surface area (Å²) in [6.45, 7) is 5.30. The molecule has 4 nitrogen and oxygen atoms in total. The third-order valence-corrected chi connectivity index (χ3v) is 3.56. The number of pyridine rings is 1. The van der Waals surface area contributed by atoms with Crippen LogP contribution in [-0.2, 0) is 0 Å². The zero-order valence-electron chi connectivity index (χ0n) is 10.8. The summed E-state index contributed by atoms with van der Waals surface area (Å²) < 4.78 is 0. The molecule has 0 aromatic carbocycles. The lowest BCUT2D eigenvalue weighted by atomic mass is 10.1. The number of rotatable bonds is 5. The zero-order chi connectivity index (χ0) is 12.8. The van der Waals surface area contributed by atoms with Crippen molar-refractivity contribution >= 4 is 5.82 Å². The van der Waals surface area contributed by atoms with Gasteiger partial charge in [-0.25, -0.2) is 4.98 Å². The van der Waals surface area contributed by atoms with Gasteiger partial charge >= 0.3 is 0 Å². The predicted molar refractivity (Wildman–Crippen MR) is 72.1 cm³/mol. The smallest absolute Gasteiger partial charge is 0.125 e. The van der Waals surface area contributed by atoms with Crippen molar-refractivity contribution in [1.29, 1.82) is 5.26 Å². The Morgan fingerprint density at radius 1 is 1.61 bits per heavy atom. The van der Waals surface area contributed by atoms with E-state index in [-0.39, 0.29) is 0 Å². The molecule has 18 heavy (non-hydrogen) atoms. The Balaban J connectivity index is 1.75. The maximum absolute atomic E-state index is 8.72. The van der Waals surface area contributed by atoms with Crippen molar-refractivity contribution in [3.05, 3.63) is 24.4 Å². The zero-order valence-corrected chi connectivity index (χ0v) is 10.8. The van der Waals surface area contributed by atoms with E-state index in [0.717, 1.165) is 25.5 Å². The standard InChI is InChI=1S/C14H20N4/c1-12(5-7-15)18-9-6-13(11-18)10-17-14-4-2-3-8-16-14/h2-4,8,12-13H,5-6,9-11H2,1H3,(H,16,17)/t12-,13+/m1/s1. The van der Waals surface area contributed by atoms with Crippen molar-refractivity contribution in [2.45, 2.75) is 25.8 Å². The molecule has 1 aromatic heterocycles. The Hall–Kier alpha value is -1.60.